The van der Waals surface area contributed by atoms with E-state index >= 15 is 0 Å². The molecule has 0 N–H and O–H groups in total. The second-order valence-electron chi connectivity index (χ2n) is 7.96. The molecule has 0 amide bonds. The summed E-state index contributed by atoms with van der Waals surface area (Å²) in [7, 11) is 1.28. The highest BCUT2D eigenvalue weighted by atomic mass is 35.5. The summed E-state index contributed by atoms with van der Waals surface area (Å²) in [5, 5.41) is 0.175. The van der Waals surface area contributed by atoms with E-state index in [0.717, 1.165) is 6.07 Å². The second kappa shape index (κ2) is 9.75. The maximum atomic E-state index is 14.6. The Balaban J connectivity index is 1.75. The summed E-state index contributed by atoms with van der Waals surface area (Å²) < 4.78 is 21.0. The van der Waals surface area contributed by atoms with Gasteiger partial charge in [-0.3, -0.25) is 18.8 Å². The van der Waals surface area contributed by atoms with E-state index in [4.69, 9.17) is 16.3 Å². The van der Waals surface area contributed by atoms with Gasteiger partial charge in [-0.2, -0.15) is 0 Å². The van der Waals surface area contributed by atoms with Crippen molar-refractivity contribution in [2.75, 3.05) is 7.11 Å². The second-order valence-corrected chi connectivity index (χ2v) is 8.34. The van der Waals surface area contributed by atoms with Crippen LogP contribution in [0.4, 0.5) is 4.39 Å². The lowest BCUT2D eigenvalue weighted by molar-refractivity contribution is 0.111. The quantitative estimate of drug-likeness (QED) is 0.278. The van der Waals surface area contributed by atoms with Crippen LogP contribution in [-0.2, 0) is 0 Å². The van der Waals surface area contributed by atoms with E-state index in [2.05, 4.69) is 9.97 Å². The van der Waals surface area contributed by atoms with Gasteiger partial charge < -0.3 is 4.74 Å². The molecule has 9 heteroatoms. The van der Waals surface area contributed by atoms with Crippen LogP contribution in [0.25, 0.3) is 39.4 Å². The molecule has 0 aliphatic carbocycles. The average Bonchev–Trinajstić information content (AvgIpc) is 2.92. The number of methoxy groups -OCH3 is 1. The van der Waals surface area contributed by atoms with Crippen molar-refractivity contribution in [2.45, 2.75) is 0 Å². The third kappa shape index (κ3) is 4.07. The van der Waals surface area contributed by atoms with E-state index in [9.17, 15) is 18.8 Å². The molecule has 3 heterocycles. The van der Waals surface area contributed by atoms with Crippen LogP contribution in [0.2, 0.25) is 5.02 Å². The average molecular weight is 514 g/mol. The molecule has 0 radical (unpaired) electrons. The molecule has 5 rings (SSSR count). The highest BCUT2D eigenvalue weighted by molar-refractivity contribution is 6.36. The minimum atomic E-state index is -0.812. The van der Waals surface area contributed by atoms with Crippen molar-refractivity contribution in [3.8, 4) is 39.7 Å². The lowest BCUT2D eigenvalue weighted by Gasteiger charge is -2.15. The van der Waals surface area contributed by atoms with Crippen LogP contribution in [0.15, 0.2) is 77.6 Å². The van der Waals surface area contributed by atoms with Gasteiger partial charge in [-0.15, -0.1) is 0 Å². The third-order valence-corrected chi connectivity index (χ3v) is 6.29. The van der Waals surface area contributed by atoms with Gasteiger partial charge in [-0.05, 0) is 12.1 Å². The zero-order chi connectivity index (χ0) is 26.1. The lowest BCUT2D eigenvalue weighted by atomic mass is 10.0. The first kappa shape index (κ1) is 24.0. The monoisotopic (exact) mass is 513 g/mol. The molecule has 0 saturated carbocycles. The normalized spacial score (nSPS) is 10.9. The predicted octanol–water partition coefficient (Wildman–Crippen LogP) is 5.52. The molecule has 3 aromatic heterocycles. The molecule has 0 bridgehead atoms. The Bertz CT molecular complexity index is 1750. The molecular weight excluding hydrogens is 497 g/mol. The number of carbonyl (C=O) groups excluding carboxylic acids is 2. The SMILES string of the molecule is COc1nc(-c2cccc(-c3cccc4nc(-c5ccccc5)c(C=O)c(=O)n34)c2Cl)cc(F)c1C=O. The van der Waals surface area contributed by atoms with Crippen LogP contribution >= 0.6 is 11.6 Å². The van der Waals surface area contributed by atoms with Gasteiger partial charge in [0.25, 0.3) is 5.56 Å². The molecule has 37 heavy (non-hydrogen) atoms. The van der Waals surface area contributed by atoms with Crippen LogP contribution in [0.1, 0.15) is 20.7 Å². The number of benzene rings is 2. The number of ether oxygens (including phenoxy) is 1. The zero-order valence-corrected chi connectivity index (χ0v) is 20.1. The molecule has 0 unspecified atom stereocenters. The van der Waals surface area contributed by atoms with Gasteiger partial charge in [-0.25, -0.2) is 14.4 Å². The number of halogens is 2. The smallest absolute Gasteiger partial charge is 0.269 e. The molecular formula is C28H17ClFN3O4. The summed E-state index contributed by atoms with van der Waals surface area (Å²) in [6.07, 6.45) is 0.819. The predicted molar refractivity (Wildman–Crippen MR) is 138 cm³/mol. The van der Waals surface area contributed by atoms with E-state index in [1.807, 2.05) is 6.07 Å². The van der Waals surface area contributed by atoms with Crippen molar-refractivity contribution in [2.24, 2.45) is 0 Å². The summed E-state index contributed by atoms with van der Waals surface area (Å²) in [4.78, 5) is 45.6. The van der Waals surface area contributed by atoms with Crippen molar-refractivity contribution < 1.29 is 18.7 Å². The van der Waals surface area contributed by atoms with Gasteiger partial charge in [0, 0.05) is 22.8 Å². The maximum absolute atomic E-state index is 14.6. The largest absolute Gasteiger partial charge is 0.480 e. The number of fused-ring (bicyclic) bond motifs is 1. The van der Waals surface area contributed by atoms with E-state index in [0.29, 0.717) is 40.6 Å². The van der Waals surface area contributed by atoms with E-state index in [1.165, 1.54) is 11.5 Å². The molecule has 0 spiro atoms. The minimum absolute atomic E-state index is 0.0960. The molecule has 0 saturated heterocycles. The van der Waals surface area contributed by atoms with Crippen LogP contribution in [0.5, 0.6) is 5.88 Å². The number of aldehydes is 2. The maximum Gasteiger partial charge on any atom is 0.269 e. The van der Waals surface area contributed by atoms with Gasteiger partial charge in [-0.1, -0.05) is 66.2 Å². The first-order valence-electron chi connectivity index (χ1n) is 11.0. The molecule has 7 nitrogen and oxygen atoms in total. The Hall–Kier alpha value is -4.69. The summed E-state index contributed by atoms with van der Waals surface area (Å²) >= 11 is 6.77. The fourth-order valence-corrected chi connectivity index (χ4v) is 4.48. The number of nitrogens with zero attached hydrogens (tertiary/aromatic N) is 3. The Morgan fingerprint density at radius 1 is 0.892 bits per heavy atom. The number of pyridine rings is 2. The van der Waals surface area contributed by atoms with Gasteiger partial charge in [0.05, 0.1) is 29.2 Å². The highest BCUT2D eigenvalue weighted by Gasteiger charge is 2.20. The van der Waals surface area contributed by atoms with Gasteiger partial charge >= 0.3 is 0 Å². The molecule has 2 aromatic carbocycles. The van der Waals surface area contributed by atoms with E-state index in [-0.39, 0.29) is 33.4 Å². The number of carbonyl (C=O) groups is 2. The molecule has 0 aliphatic heterocycles. The van der Waals surface area contributed by atoms with Gasteiger partial charge in [0.1, 0.15) is 22.6 Å². The zero-order valence-electron chi connectivity index (χ0n) is 19.3. The summed E-state index contributed by atoms with van der Waals surface area (Å²) in [5.41, 5.74) is 1.56. The molecule has 182 valence electrons. The Labute approximate surface area is 214 Å². The van der Waals surface area contributed by atoms with E-state index < -0.39 is 11.4 Å². The first-order chi connectivity index (χ1) is 18.0. The molecule has 0 fully saturated rings. The Morgan fingerprint density at radius 3 is 2.30 bits per heavy atom. The molecule has 0 atom stereocenters. The van der Waals surface area contributed by atoms with Gasteiger partial charge in [0.15, 0.2) is 12.6 Å². The van der Waals surface area contributed by atoms with Crippen LogP contribution in [0.3, 0.4) is 0 Å². The fraction of sp³-hybridized carbons (Fsp3) is 0.0357. The Morgan fingerprint density at radius 2 is 1.59 bits per heavy atom. The van der Waals surface area contributed by atoms with Crippen LogP contribution < -0.4 is 10.3 Å². The van der Waals surface area contributed by atoms with Crippen molar-refractivity contribution in [3.63, 3.8) is 0 Å². The Kier molecular flexibility index (Phi) is 6.33. The van der Waals surface area contributed by atoms with Crippen LogP contribution in [0, 0.1) is 5.82 Å². The third-order valence-electron chi connectivity index (χ3n) is 5.88. The first-order valence-corrected chi connectivity index (χ1v) is 11.4. The minimum Gasteiger partial charge on any atom is -0.480 e. The topological polar surface area (TPSA) is 90.6 Å². The summed E-state index contributed by atoms with van der Waals surface area (Å²) in [5.74, 6) is -0.992. The standard InChI is InChI=1S/C28H17ClFN3O4/c1-37-27-19(14-34)21(30)13-22(31-27)17-9-5-10-18(25(17)29)23-11-6-12-24-32-26(16-7-3-2-4-8-16)20(15-35)28(36)33(23)24/h2-15H,1H3. The lowest BCUT2D eigenvalue weighted by Crippen LogP contribution is -2.22. The highest BCUT2D eigenvalue weighted by Crippen LogP contribution is 2.37. The number of hydrogen-bond donors (Lipinski definition) is 0. The van der Waals surface area contributed by atoms with Crippen molar-refractivity contribution in [1.29, 1.82) is 0 Å². The number of rotatable bonds is 6. The van der Waals surface area contributed by atoms with Crippen LogP contribution in [-0.4, -0.2) is 34.1 Å². The summed E-state index contributed by atoms with van der Waals surface area (Å²) in [6.45, 7) is 0. The van der Waals surface area contributed by atoms with Gasteiger partial charge in [0.2, 0.25) is 5.88 Å². The number of aromatic nitrogens is 3. The summed E-state index contributed by atoms with van der Waals surface area (Å²) in [6, 6.07) is 20.1. The van der Waals surface area contributed by atoms with E-state index in [1.54, 1.807) is 60.7 Å². The molecule has 5 aromatic rings. The van der Waals surface area contributed by atoms with Crippen molar-refractivity contribution in [1.82, 2.24) is 14.4 Å². The van der Waals surface area contributed by atoms with Crippen molar-refractivity contribution >= 4 is 29.8 Å². The fourth-order valence-electron chi connectivity index (χ4n) is 4.16. The van der Waals surface area contributed by atoms with Crippen molar-refractivity contribution in [3.05, 3.63) is 105 Å². The molecule has 0 aliphatic rings. The number of hydrogen-bond acceptors (Lipinski definition) is 6.